The van der Waals surface area contributed by atoms with E-state index in [-0.39, 0.29) is 5.82 Å². The minimum atomic E-state index is -0.327. The van der Waals surface area contributed by atoms with Gasteiger partial charge in [0.2, 0.25) is 0 Å². The molecule has 0 bridgehead atoms. The van der Waals surface area contributed by atoms with E-state index in [1.807, 2.05) is 37.4 Å². The molecule has 0 saturated carbocycles. The average molecular weight is 467 g/mol. The molecule has 1 aliphatic heterocycles. The smallest absolute Gasteiger partial charge is 0.144 e. The van der Waals surface area contributed by atoms with E-state index in [9.17, 15) is 4.39 Å². The van der Waals surface area contributed by atoms with Crippen LogP contribution in [0.2, 0.25) is 0 Å². The van der Waals surface area contributed by atoms with Crippen molar-refractivity contribution in [1.82, 2.24) is 30.3 Å². The van der Waals surface area contributed by atoms with Crippen molar-refractivity contribution in [1.29, 1.82) is 0 Å². The van der Waals surface area contributed by atoms with Gasteiger partial charge in [0.1, 0.15) is 5.82 Å². The standard InChI is InChI=1S/C28H27FN6/c1-4-20(23-16-32-35-13-12-30-17-27(23)35)14-22-7-5-6-21(9-8-18(22)2)24-15-31-34-28(24)26-11-10-25(29)19(3)33-26/h4-11,14-16,30H,2,12-13,17H2,1,3H3,(H,31,34)/b7-5+,9-8-,20-4+,21-6-,22-14-. The van der Waals surface area contributed by atoms with Crippen LogP contribution < -0.4 is 5.32 Å². The zero-order chi connectivity index (χ0) is 24.4. The van der Waals surface area contributed by atoms with Crippen molar-refractivity contribution in [2.45, 2.75) is 26.9 Å². The van der Waals surface area contributed by atoms with Gasteiger partial charge in [-0.25, -0.2) is 9.37 Å². The van der Waals surface area contributed by atoms with Gasteiger partial charge in [0.15, 0.2) is 0 Å². The Labute approximate surface area is 204 Å². The van der Waals surface area contributed by atoms with E-state index in [1.165, 1.54) is 11.8 Å². The fourth-order valence-electron chi connectivity index (χ4n) is 4.32. The van der Waals surface area contributed by atoms with Gasteiger partial charge in [0, 0.05) is 24.2 Å². The van der Waals surface area contributed by atoms with Crippen LogP contribution in [-0.4, -0.2) is 31.5 Å². The van der Waals surface area contributed by atoms with Gasteiger partial charge in [-0.1, -0.05) is 43.0 Å². The van der Waals surface area contributed by atoms with E-state index in [4.69, 9.17) is 0 Å². The molecule has 7 heteroatoms. The maximum absolute atomic E-state index is 13.7. The number of nitrogens with zero attached hydrogens (tertiary/aromatic N) is 4. The molecule has 35 heavy (non-hydrogen) atoms. The molecule has 1 aliphatic carbocycles. The lowest BCUT2D eigenvalue weighted by atomic mass is 9.95. The van der Waals surface area contributed by atoms with Gasteiger partial charge in [-0.3, -0.25) is 9.78 Å². The monoisotopic (exact) mass is 466 g/mol. The van der Waals surface area contributed by atoms with Gasteiger partial charge in [-0.2, -0.15) is 10.2 Å². The normalized spacial score (nSPS) is 20.7. The first kappa shape index (κ1) is 22.7. The minimum Gasteiger partial charge on any atom is -0.309 e. The molecule has 3 aromatic rings. The second-order valence-electron chi connectivity index (χ2n) is 8.51. The quantitative estimate of drug-likeness (QED) is 0.546. The third kappa shape index (κ3) is 4.50. The number of aromatic nitrogens is 5. The average Bonchev–Trinajstić information content (AvgIpc) is 3.51. The van der Waals surface area contributed by atoms with Crippen LogP contribution in [0.15, 0.2) is 84.8 Å². The predicted molar refractivity (Wildman–Crippen MR) is 138 cm³/mol. The third-order valence-corrected chi connectivity index (χ3v) is 6.29. The largest absolute Gasteiger partial charge is 0.309 e. The molecule has 0 unspecified atom stereocenters. The van der Waals surface area contributed by atoms with Gasteiger partial charge in [0.05, 0.1) is 41.7 Å². The lowest BCUT2D eigenvalue weighted by Gasteiger charge is -2.17. The molecule has 176 valence electrons. The lowest BCUT2D eigenvalue weighted by Crippen LogP contribution is -2.28. The topological polar surface area (TPSA) is 71.4 Å². The number of pyridine rings is 1. The zero-order valence-electron chi connectivity index (χ0n) is 19.8. The van der Waals surface area contributed by atoms with E-state index in [0.29, 0.717) is 11.4 Å². The zero-order valence-corrected chi connectivity index (χ0v) is 19.8. The van der Waals surface area contributed by atoms with Crippen LogP contribution in [0.3, 0.4) is 0 Å². The SMILES string of the molecule is C=C1\C=C/C(c2cn[nH]c2-c2ccc(F)c(C)n2)=C/C=C/C1=C/C(=C\C)c1cnn2c1CNCC2. The number of H-pyrrole nitrogens is 1. The molecule has 2 aliphatic rings. The lowest BCUT2D eigenvalue weighted by molar-refractivity contribution is 0.475. The highest BCUT2D eigenvalue weighted by Crippen LogP contribution is 2.30. The summed E-state index contributed by atoms with van der Waals surface area (Å²) in [6.45, 7) is 10.6. The van der Waals surface area contributed by atoms with Crippen LogP contribution in [-0.2, 0) is 13.1 Å². The Kier molecular flexibility index (Phi) is 6.25. The molecule has 0 fully saturated rings. The van der Waals surface area contributed by atoms with Crippen LogP contribution in [0, 0.1) is 12.7 Å². The van der Waals surface area contributed by atoms with E-state index in [1.54, 1.807) is 19.2 Å². The van der Waals surface area contributed by atoms with Gasteiger partial charge >= 0.3 is 0 Å². The molecule has 0 saturated heterocycles. The molecule has 0 atom stereocenters. The summed E-state index contributed by atoms with van der Waals surface area (Å²) >= 11 is 0. The summed E-state index contributed by atoms with van der Waals surface area (Å²) in [7, 11) is 0. The van der Waals surface area contributed by atoms with E-state index in [2.05, 4.69) is 55.1 Å². The first-order valence-electron chi connectivity index (χ1n) is 11.6. The Morgan fingerprint density at radius 2 is 2.09 bits per heavy atom. The molecular weight excluding hydrogens is 439 g/mol. The molecule has 0 amide bonds. The van der Waals surface area contributed by atoms with Gasteiger partial charge in [0.25, 0.3) is 0 Å². The Bertz CT molecular complexity index is 1440. The van der Waals surface area contributed by atoms with Crippen molar-refractivity contribution in [3.05, 3.63) is 113 Å². The molecule has 0 aromatic carbocycles. The number of hydrogen-bond acceptors (Lipinski definition) is 4. The van der Waals surface area contributed by atoms with Crippen molar-refractivity contribution in [3.63, 3.8) is 0 Å². The summed E-state index contributed by atoms with van der Waals surface area (Å²) in [4.78, 5) is 4.38. The van der Waals surface area contributed by atoms with Crippen molar-refractivity contribution in [3.8, 4) is 11.4 Å². The van der Waals surface area contributed by atoms with Crippen LogP contribution >= 0.6 is 0 Å². The molecular formula is C28H27FN6. The highest BCUT2D eigenvalue weighted by atomic mass is 19.1. The number of allylic oxidation sites excluding steroid dienone is 11. The Balaban J connectivity index is 1.46. The number of fused-ring (bicyclic) bond motifs is 1. The number of aromatic amines is 1. The number of halogens is 1. The summed E-state index contributed by atoms with van der Waals surface area (Å²) < 4.78 is 15.8. The number of aryl methyl sites for hydroxylation is 1. The summed E-state index contributed by atoms with van der Waals surface area (Å²) in [5.74, 6) is -0.327. The fourth-order valence-corrected chi connectivity index (χ4v) is 4.32. The summed E-state index contributed by atoms with van der Waals surface area (Å²) in [6, 6.07) is 3.09. The number of hydrogen-bond donors (Lipinski definition) is 2. The maximum Gasteiger partial charge on any atom is 0.144 e. The van der Waals surface area contributed by atoms with E-state index >= 15 is 0 Å². The fraction of sp³-hybridized carbons (Fsp3) is 0.179. The Morgan fingerprint density at radius 1 is 1.20 bits per heavy atom. The van der Waals surface area contributed by atoms with Crippen LogP contribution in [0.1, 0.15) is 29.4 Å². The van der Waals surface area contributed by atoms with E-state index < -0.39 is 0 Å². The molecule has 6 nitrogen and oxygen atoms in total. The molecule has 3 aromatic heterocycles. The second kappa shape index (κ2) is 9.64. The van der Waals surface area contributed by atoms with Crippen molar-refractivity contribution >= 4 is 11.1 Å². The van der Waals surface area contributed by atoms with Crippen LogP contribution in [0.25, 0.3) is 22.5 Å². The van der Waals surface area contributed by atoms with Gasteiger partial charge in [-0.15, -0.1) is 0 Å². The first-order valence-corrected chi connectivity index (χ1v) is 11.6. The Hall–Kier alpha value is -4.10. The molecule has 0 radical (unpaired) electrons. The third-order valence-electron chi connectivity index (χ3n) is 6.29. The second-order valence-corrected chi connectivity index (χ2v) is 8.51. The van der Waals surface area contributed by atoms with Gasteiger partial charge in [-0.05, 0) is 54.3 Å². The van der Waals surface area contributed by atoms with Gasteiger partial charge < -0.3 is 5.32 Å². The summed E-state index contributed by atoms with van der Waals surface area (Å²) in [5, 5.41) is 15.2. The van der Waals surface area contributed by atoms with Crippen molar-refractivity contribution in [2.24, 2.45) is 0 Å². The number of rotatable bonds is 4. The van der Waals surface area contributed by atoms with Crippen molar-refractivity contribution < 1.29 is 4.39 Å². The first-order chi connectivity index (χ1) is 17.0. The molecule has 5 rings (SSSR count). The molecule has 4 heterocycles. The highest BCUT2D eigenvalue weighted by Gasteiger charge is 2.17. The van der Waals surface area contributed by atoms with Crippen molar-refractivity contribution in [2.75, 3.05) is 6.54 Å². The minimum absolute atomic E-state index is 0.327. The number of nitrogens with one attached hydrogen (secondary N) is 2. The summed E-state index contributed by atoms with van der Waals surface area (Å²) in [6.07, 6.45) is 18.1. The van der Waals surface area contributed by atoms with E-state index in [0.717, 1.165) is 58.7 Å². The van der Waals surface area contributed by atoms with Crippen LogP contribution in [0.4, 0.5) is 4.39 Å². The molecule has 0 spiro atoms. The summed E-state index contributed by atoms with van der Waals surface area (Å²) in [5.41, 5.74) is 8.96. The predicted octanol–water partition coefficient (Wildman–Crippen LogP) is 5.31. The van der Waals surface area contributed by atoms with Crippen LogP contribution in [0.5, 0.6) is 0 Å². The maximum atomic E-state index is 13.7. The highest BCUT2D eigenvalue weighted by molar-refractivity contribution is 5.85. The Morgan fingerprint density at radius 3 is 2.91 bits per heavy atom. The molecule has 2 N–H and O–H groups in total.